The fourth-order valence-corrected chi connectivity index (χ4v) is 0.954. The standard InChI is InChI=1S/C9H14N4O2/c1-2-15-6-5-11-8-4-3-7(9(10)14)12-13-8/h3-4H,2,5-6H2,1H3,(H2,10,14)(H,11,13). The molecule has 1 rings (SSSR count). The first-order valence-corrected chi connectivity index (χ1v) is 4.69. The molecule has 0 unspecified atom stereocenters. The second-order valence-electron chi connectivity index (χ2n) is 2.79. The van der Waals surface area contributed by atoms with Gasteiger partial charge >= 0.3 is 0 Å². The Balaban J connectivity index is 2.39. The van der Waals surface area contributed by atoms with Crippen molar-refractivity contribution in [3.8, 4) is 0 Å². The number of amides is 1. The minimum atomic E-state index is -0.580. The topological polar surface area (TPSA) is 90.1 Å². The van der Waals surface area contributed by atoms with Crippen LogP contribution in [-0.2, 0) is 4.74 Å². The molecule has 0 atom stereocenters. The summed E-state index contributed by atoms with van der Waals surface area (Å²) < 4.78 is 5.13. The molecule has 6 heteroatoms. The van der Waals surface area contributed by atoms with Crippen molar-refractivity contribution in [2.24, 2.45) is 5.73 Å². The van der Waals surface area contributed by atoms with Crippen molar-refractivity contribution in [1.82, 2.24) is 10.2 Å². The third-order valence-corrected chi connectivity index (χ3v) is 1.67. The van der Waals surface area contributed by atoms with Gasteiger partial charge < -0.3 is 15.8 Å². The van der Waals surface area contributed by atoms with Crippen LogP contribution < -0.4 is 11.1 Å². The van der Waals surface area contributed by atoms with E-state index in [1.165, 1.54) is 6.07 Å². The largest absolute Gasteiger partial charge is 0.380 e. The zero-order chi connectivity index (χ0) is 11.1. The molecular weight excluding hydrogens is 196 g/mol. The van der Waals surface area contributed by atoms with E-state index in [1.54, 1.807) is 6.07 Å². The Morgan fingerprint density at radius 1 is 1.53 bits per heavy atom. The van der Waals surface area contributed by atoms with Gasteiger partial charge in [0.05, 0.1) is 6.61 Å². The van der Waals surface area contributed by atoms with Gasteiger partial charge in [0, 0.05) is 13.2 Å². The van der Waals surface area contributed by atoms with Crippen molar-refractivity contribution < 1.29 is 9.53 Å². The summed E-state index contributed by atoms with van der Waals surface area (Å²) in [5, 5.41) is 10.4. The van der Waals surface area contributed by atoms with Gasteiger partial charge in [-0.2, -0.15) is 0 Å². The van der Waals surface area contributed by atoms with E-state index < -0.39 is 5.91 Å². The summed E-state index contributed by atoms with van der Waals surface area (Å²) in [5.41, 5.74) is 5.18. The SMILES string of the molecule is CCOCCNc1ccc(C(N)=O)nn1. The Hall–Kier alpha value is -1.69. The maximum Gasteiger partial charge on any atom is 0.269 e. The Morgan fingerprint density at radius 2 is 2.33 bits per heavy atom. The van der Waals surface area contributed by atoms with Crippen LogP contribution in [0.4, 0.5) is 5.82 Å². The summed E-state index contributed by atoms with van der Waals surface area (Å²) in [6.07, 6.45) is 0. The number of primary amides is 1. The molecule has 6 nitrogen and oxygen atoms in total. The summed E-state index contributed by atoms with van der Waals surface area (Å²) in [6.45, 7) is 3.88. The lowest BCUT2D eigenvalue weighted by Crippen LogP contribution is -2.15. The quantitative estimate of drug-likeness (QED) is 0.646. The monoisotopic (exact) mass is 210 g/mol. The molecule has 1 aromatic rings. The molecule has 0 bridgehead atoms. The third kappa shape index (κ3) is 3.90. The van der Waals surface area contributed by atoms with E-state index in [1.807, 2.05) is 6.92 Å². The molecule has 0 aliphatic carbocycles. The van der Waals surface area contributed by atoms with Gasteiger partial charge in [-0.3, -0.25) is 4.79 Å². The van der Waals surface area contributed by atoms with E-state index >= 15 is 0 Å². The van der Waals surface area contributed by atoms with Crippen LogP contribution in [0.5, 0.6) is 0 Å². The number of carbonyl (C=O) groups is 1. The van der Waals surface area contributed by atoms with Crippen molar-refractivity contribution in [3.63, 3.8) is 0 Å². The maximum absolute atomic E-state index is 10.7. The molecule has 1 amide bonds. The Labute approximate surface area is 87.8 Å². The number of anilines is 1. The van der Waals surface area contributed by atoms with Gasteiger partial charge in [-0.1, -0.05) is 0 Å². The molecule has 0 radical (unpaired) electrons. The van der Waals surface area contributed by atoms with Crippen LogP contribution in [0, 0.1) is 0 Å². The average molecular weight is 210 g/mol. The third-order valence-electron chi connectivity index (χ3n) is 1.67. The van der Waals surface area contributed by atoms with Crippen LogP contribution in [0.1, 0.15) is 17.4 Å². The van der Waals surface area contributed by atoms with Crippen LogP contribution in [0.25, 0.3) is 0 Å². The summed E-state index contributed by atoms with van der Waals surface area (Å²) >= 11 is 0. The number of carbonyl (C=O) groups excluding carboxylic acids is 1. The molecule has 3 N–H and O–H groups in total. The number of hydrogen-bond acceptors (Lipinski definition) is 5. The predicted molar refractivity (Wildman–Crippen MR) is 55.5 cm³/mol. The van der Waals surface area contributed by atoms with Crippen LogP contribution in [0.3, 0.4) is 0 Å². The van der Waals surface area contributed by atoms with E-state index in [0.717, 1.165) is 0 Å². The molecule has 0 saturated carbocycles. The molecule has 0 aliphatic rings. The highest BCUT2D eigenvalue weighted by atomic mass is 16.5. The molecule has 0 fully saturated rings. The predicted octanol–water partition coefficient (Wildman–Crippen LogP) is 0.0239. The van der Waals surface area contributed by atoms with Crippen molar-refractivity contribution in [1.29, 1.82) is 0 Å². The van der Waals surface area contributed by atoms with Gasteiger partial charge in [0.1, 0.15) is 5.82 Å². The van der Waals surface area contributed by atoms with Crippen molar-refractivity contribution >= 4 is 11.7 Å². The van der Waals surface area contributed by atoms with Crippen LogP contribution in [0.2, 0.25) is 0 Å². The number of rotatable bonds is 6. The molecule has 0 aromatic carbocycles. The fourth-order valence-electron chi connectivity index (χ4n) is 0.954. The van der Waals surface area contributed by atoms with E-state index in [2.05, 4.69) is 15.5 Å². The van der Waals surface area contributed by atoms with E-state index in [4.69, 9.17) is 10.5 Å². The lowest BCUT2D eigenvalue weighted by Gasteiger charge is -2.04. The Morgan fingerprint density at radius 3 is 2.87 bits per heavy atom. The lowest BCUT2D eigenvalue weighted by molar-refractivity contribution is 0.0994. The van der Waals surface area contributed by atoms with Gasteiger partial charge in [0.2, 0.25) is 0 Å². The normalized spacial score (nSPS) is 9.93. The maximum atomic E-state index is 10.7. The number of nitrogens with one attached hydrogen (secondary N) is 1. The van der Waals surface area contributed by atoms with Crippen molar-refractivity contribution in [3.05, 3.63) is 17.8 Å². The number of hydrogen-bond donors (Lipinski definition) is 2. The highest BCUT2D eigenvalue weighted by molar-refractivity contribution is 5.90. The van der Waals surface area contributed by atoms with E-state index in [-0.39, 0.29) is 5.69 Å². The van der Waals surface area contributed by atoms with Crippen LogP contribution >= 0.6 is 0 Å². The summed E-state index contributed by atoms with van der Waals surface area (Å²) in [5.74, 6) is 0.0167. The van der Waals surface area contributed by atoms with Crippen LogP contribution in [0.15, 0.2) is 12.1 Å². The summed E-state index contributed by atoms with van der Waals surface area (Å²) in [4.78, 5) is 10.7. The number of aromatic nitrogens is 2. The molecule has 0 saturated heterocycles. The van der Waals surface area contributed by atoms with E-state index in [0.29, 0.717) is 25.6 Å². The fraction of sp³-hybridized carbons (Fsp3) is 0.444. The molecule has 0 aliphatic heterocycles. The first kappa shape index (κ1) is 11.4. The molecule has 0 spiro atoms. The second-order valence-corrected chi connectivity index (χ2v) is 2.79. The number of nitrogens with two attached hydrogens (primary N) is 1. The van der Waals surface area contributed by atoms with Gasteiger partial charge in [-0.15, -0.1) is 10.2 Å². The minimum absolute atomic E-state index is 0.158. The zero-order valence-electron chi connectivity index (χ0n) is 8.56. The molecule has 82 valence electrons. The molecule has 15 heavy (non-hydrogen) atoms. The molecular formula is C9H14N4O2. The smallest absolute Gasteiger partial charge is 0.269 e. The highest BCUT2D eigenvalue weighted by Gasteiger charge is 2.02. The Kier molecular flexibility index (Phi) is 4.49. The van der Waals surface area contributed by atoms with Gasteiger partial charge in [-0.25, -0.2) is 0 Å². The Bertz CT molecular complexity index is 312. The van der Waals surface area contributed by atoms with Crippen LogP contribution in [-0.4, -0.2) is 35.9 Å². The minimum Gasteiger partial charge on any atom is -0.380 e. The molecule has 1 heterocycles. The highest BCUT2D eigenvalue weighted by Crippen LogP contribution is 2.00. The van der Waals surface area contributed by atoms with Gasteiger partial charge in [0.15, 0.2) is 5.69 Å². The second kappa shape index (κ2) is 5.92. The first-order chi connectivity index (χ1) is 7.24. The van der Waals surface area contributed by atoms with Gasteiger partial charge in [-0.05, 0) is 19.1 Å². The first-order valence-electron chi connectivity index (χ1n) is 4.69. The number of ether oxygens (including phenoxy) is 1. The summed E-state index contributed by atoms with van der Waals surface area (Å²) in [6, 6.07) is 3.18. The summed E-state index contributed by atoms with van der Waals surface area (Å²) in [7, 11) is 0. The number of nitrogens with zero attached hydrogens (tertiary/aromatic N) is 2. The zero-order valence-corrected chi connectivity index (χ0v) is 8.56. The average Bonchev–Trinajstić information content (AvgIpc) is 2.25. The molecule has 1 aromatic heterocycles. The van der Waals surface area contributed by atoms with Crippen molar-refractivity contribution in [2.45, 2.75) is 6.92 Å². The van der Waals surface area contributed by atoms with Crippen molar-refractivity contribution in [2.75, 3.05) is 25.1 Å². The lowest BCUT2D eigenvalue weighted by atomic mass is 10.4. The van der Waals surface area contributed by atoms with Gasteiger partial charge in [0.25, 0.3) is 5.91 Å². The van der Waals surface area contributed by atoms with E-state index in [9.17, 15) is 4.79 Å².